The van der Waals surface area contributed by atoms with Crippen molar-refractivity contribution >= 4 is 11.8 Å². The number of carbonyl (C=O) groups is 2. The molecule has 0 spiro atoms. The minimum Gasteiger partial charge on any atom is -0.356 e. The highest BCUT2D eigenvalue weighted by Gasteiger charge is 2.20. The minimum absolute atomic E-state index is 0.0515. The lowest BCUT2D eigenvalue weighted by molar-refractivity contribution is -0.132. The molecule has 20 heavy (non-hydrogen) atoms. The highest BCUT2D eigenvalue weighted by molar-refractivity contribution is 5.79. The van der Waals surface area contributed by atoms with Gasteiger partial charge in [-0.05, 0) is 26.4 Å². The molecule has 0 radical (unpaired) electrons. The van der Waals surface area contributed by atoms with Crippen molar-refractivity contribution in [2.24, 2.45) is 0 Å². The van der Waals surface area contributed by atoms with Crippen LogP contribution < -0.4 is 10.6 Å². The molecule has 2 aliphatic heterocycles. The van der Waals surface area contributed by atoms with Crippen molar-refractivity contribution in [3.63, 3.8) is 0 Å². The second kappa shape index (κ2) is 7.59. The standard InChI is InChI=1S/C14H26N4O2/c1-17-7-9-18(10-8-17)14(20)4-6-16-13(19)11-12-3-2-5-15-12/h12,15H,2-11H2,1H3,(H,16,19). The van der Waals surface area contributed by atoms with Crippen molar-refractivity contribution in [1.29, 1.82) is 0 Å². The minimum atomic E-state index is 0.0515. The Morgan fingerprint density at radius 2 is 2.00 bits per heavy atom. The molecule has 0 aromatic heterocycles. The summed E-state index contributed by atoms with van der Waals surface area (Å²) in [5.41, 5.74) is 0. The molecule has 2 aliphatic rings. The van der Waals surface area contributed by atoms with Gasteiger partial charge in [0.2, 0.25) is 11.8 Å². The number of carbonyl (C=O) groups excluding carboxylic acids is 2. The smallest absolute Gasteiger partial charge is 0.224 e. The second-order valence-electron chi connectivity index (χ2n) is 5.78. The molecule has 2 heterocycles. The zero-order chi connectivity index (χ0) is 14.4. The molecule has 2 N–H and O–H groups in total. The topological polar surface area (TPSA) is 64.7 Å². The van der Waals surface area contributed by atoms with E-state index >= 15 is 0 Å². The predicted molar refractivity (Wildman–Crippen MR) is 77.3 cm³/mol. The van der Waals surface area contributed by atoms with E-state index in [-0.39, 0.29) is 11.8 Å². The Kier molecular flexibility index (Phi) is 5.79. The Morgan fingerprint density at radius 1 is 1.25 bits per heavy atom. The van der Waals surface area contributed by atoms with E-state index in [0.29, 0.717) is 25.4 Å². The summed E-state index contributed by atoms with van der Waals surface area (Å²) >= 11 is 0. The Balaban J connectivity index is 1.57. The second-order valence-corrected chi connectivity index (χ2v) is 5.78. The maximum atomic E-state index is 12.0. The first kappa shape index (κ1) is 15.3. The predicted octanol–water partition coefficient (Wildman–Crippen LogP) is -0.591. The van der Waals surface area contributed by atoms with Gasteiger partial charge >= 0.3 is 0 Å². The SMILES string of the molecule is CN1CCN(C(=O)CCNC(=O)CC2CCCN2)CC1. The van der Waals surface area contributed by atoms with Gasteiger partial charge in [0.1, 0.15) is 0 Å². The van der Waals surface area contributed by atoms with Crippen molar-refractivity contribution in [1.82, 2.24) is 20.4 Å². The molecule has 2 rings (SSSR count). The number of likely N-dealkylation sites (N-methyl/N-ethyl adjacent to an activating group) is 1. The van der Waals surface area contributed by atoms with Crippen LogP contribution in [0, 0.1) is 0 Å². The molecule has 6 nitrogen and oxygen atoms in total. The fourth-order valence-corrected chi connectivity index (χ4v) is 2.75. The van der Waals surface area contributed by atoms with E-state index < -0.39 is 0 Å². The Bertz CT molecular complexity index is 334. The van der Waals surface area contributed by atoms with Gasteiger partial charge in [-0.2, -0.15) is 0 Å². The van der Waals surface area contributed by atoms with E-state index in [0.717, 1.165) is 45.6 Å². The van der Waals surface area contributed by atoms with Gasteiger partial charge < -0.3 is 20.4 Å². The zero-order valence-corrected chi connectivity index (χ0v) is 12.4. The third-order valence-electron chi connectivity index (χ3n) is 4.11. The first-order chi connectivity index (χ1) is 9.65. The van der Waals surface area contributed by atoms with Gasteiger partial charge in [-0.3, -0.25) is 9.59 Å². The van der Waals surface area contributed by atoms with Gasteiger partial charge in [-0.1, -0.05) is 0 Å². The Hall–Kier alpha value is -1.14. The number of hydrogen-bond acceptors (Lipinski definition) is 4. The molecule has 114 valence electrons. The van der Waals surface area contributed by atoms with Gasteiger partial charge in [0.05, 0.1) is 0 Å². The number of piperazine rings is 1. The average molecular weight is 282 g/mol. The van der Waals surface area contributed by atoms with Gasteiger partial charge in [0.25, 0.3) is 0 Å². The molecule has 0 bridgehead atoms. The monoisotopic (exact) mass is 282 g/mol. The van der Waals surface area contributed by atoms with E-state index in [9.17, 15) is 9.59 Å². The van der Waals surface area contributed by atoms with Gasteiger partial charge in [0, 0.05) is 51.6 Å². The molecule has 2 fully saturated rings. The van der Waals surface area contributed by atoms with Gasteiger partial charge in [0.15, 0.2) is 0 Å². The van der Waals surface area contributed by atoms with Gasteiger partial charge in [-0.25, -0.2) is 0 Å². The number of rotatable bonds is 5. The van der Waals surface area contributed by atoms with E-state index in [2.05, 4.69) is 22.6 Å². The summed E-state index contributed by atoms with van der Waals surface area (Å²) in [5, 5.41) is 6.15. The van der Waals surface area contributed by atoms with Crippen LogP contribution >= 0.6 is 0 Å². The third-order valence-corrected chi connectivity index (χ3v) is 4.11. The summed E-state index contributed by atoms with van der Waals surface area (Å²) in [5.74, 6) is 0.202. The van der Waals surface area contributed by atoms with Crippen molar-refractivity contribution in [3.8, 4) is 0 Å². The maximum Gasteiger partial charge on any atom is 0.224 e. The van der Waals surface area contributed by atoms with E-state index in [4.69, 9.17) is 0 Å². The van der Waals surface area contributed by atoms with Crippen molar-refractivity contribution in [3.05, 3.63) is 0 Å². The molecule has 6 heteroatoms. The molecular formula is C14H26N4O2. The van der Waals surface area contributed by atoms with Crippen LogP contribution in [0.5, 0.6) is 0 Å². The Labute approximate surface area is 120 Å². The summed E-state index contributed by atoms with van der Waals surface area (Å²) in [6, 6.07) is 0.323. The quantitative estimate of drug-likeness (QED) is 0.707. The van der Waals surface area contributed by atoms with Crippen LogP contribution in [0.2, 0.25) is 0 Å². The Morgan fingerprint density at radius 3 is 2.65 bits per heavy atom. The number of nitrogens with zero attached hydrogens (tertiary/aromatic N) is 2. The van der Waals surface area contributed by atoms with Crippen molar-refractivity contribution in [2.45, 2.75) is 31.7 Å². The van der Waals surface area contributed by atoms with Crippen LogP contribution in [0.1, 0.15) is 25.7 Å². The first-order valence-electron chi connectivity index (χ1n) is 7.61. The molecule has 0 aromatic rings. The van der Waals surface area contributed by atoms with Crippen LogP contribution in [-0.2, 0) is 9.59 Å². The highest BCUT2D eigenvalue weighted by atomic mass is 16.2. The van der Waals surface area contributed by atoms with Crippen LogP contribution in [0.3, 0.4) is 0 Å². The summed E-state index contributed by atoms with van der Waals surface area (Å²) in [6.07, 6.45) is 3.17. The summed E-state index contributed by atoms with van der Waals surface area (Å²) in [6.45, 7) is 4.94. The lowest BCUT2D eigenvalue weighted by atomic mass is 10.1. The van der Waals surface area contributed by atoms with Crippen LogP contribution in [0.25, 0.3) is 0 Å². The lowest BCUT2D eigenvalue weighted by Crippen LogP contribution is -2.47. The number of amides is 2. The van der Waals surface area contributed by atoms with E-state index in [1.165, 1.54) is 0 Å². The fourth-order valence-electron chi connectivity index (χ4n) is 2.75. The van der Waals surface area contributed by atoms with Crippen LogP contribution in [-0.4, -0.2) is 74.0 Å². The normalized spacial score (nSPS) is 23.9. The summed E-state index contributed by atoms with van der Waals surface area (Å²) in [4.78, 5) is 27.8. The summed E-state index contributed by atoms with van der Waals surface area (Å²) in [7, 11) is 2.07. The van der Waals surface area contributed by atoms with E-state index in [1.54, 1.807) is 0 Å². The summed E-state index contributed by atoms with van der Waals surface area (Å²) < 4.78 is 0. The van der Waals surface area contributed by atoms with Crippen LogP contribution in [0.4, 0.5) is 0 Å². The molecule has 1 atom stereocenters. The van der Waals surface area contributed by atoms with E-state index in [1.807, 2.05) is 4.90 Å². The first-order valence-corrected chi connectivity index (χ1v) is 7.61. The largest absolute Gasteiger partial charge is 0.356 e. The molecule has 0 aliphatic carbocycles. The molecule has 2 amide bonds. The molecule has 0 saturated carbocycles. The number of nitrogens with one attached hydrogen (secondary N) is 2. The fraction of sp³-hybridized carbons (Fsp3) is 0.857. The molecule has 2 saturated heterocycles. The third kappa shape index (κ3) is 4.76. The highest BCUT2D eigenvalue weighted by Crippen LogP contribution is 2.08. The van der Waals surface area contributed by atoms with Crippen LogP contribution in [0.15, 0.2) is 0 Å². The maximum absolute atomic E-state index is 12.0. The zero-order valence-electron chi connectivity index (χ0n) is 12.4. The lowest BCUT2D eigenvalue weighted by Gasteiger charge is -2.32. The molecule has 0 aromatic carbocycles. The molecular weight excluding hydrogens is 256 g/mol. The van der Waals surface area contributed by atoms with Gasteiger partial charge in [-0.15, -0.1) is 0 Å². The van der Waals surface area contributed by atoms with Crippen molar-refractivity contribution < 1.29 is 9.59 Å². The molecule has 1 unspecified atom stereocenters. The van der Waals surface area contributed by atoms with Crippen molar-refractivity contribution in [2.75, 3.05) is 46.3 Å². The average Bonchev–Trinajstić information content (AvgIpc) is 2.92. The number of hydrogen-bond donors (Lipinski definition) is 2.